The van der Waals surface area contributed by atoms with Gasteiger partial charge in [0.05, 0.1) is 5.69 Å². The number of ketones is 1. The number of nitrogens with zero attached hydrogens (tertiary/aromatic N) is 3. The van der Waals surface area contributed by atoms with Crippen molar-refractivity contribution in [2.75, 3.05) is 5.32 Å². The van der Waals surface area contributed by atoms with Crippen molar-refractivity contribution in [1.29, 1.82) is 0 Å². The number of fused-ring (bicyclic) bond motifs is 1. The molecule has 11 heteroatoms. The first-order valence-corrected chi connectivity index (χ1v) is 10.6. The number of nitrogens with one attached hydrogen (secondary N) is 1. The molecule has 0 aliphatic carbocycles. The van der Waals surface area contributed by atoms with E-state index in [0.29, 0.717) is 15.6 Å². The van der Waals surface area contributed by atoms with Gasteiger partial charge in [0.25, 0.3) is 5.91 Å². The lowest BCUT2D eigenvalue weighted by Gasteiger charge is -2.11. The summed E-state index contributed by atoms with van der Waals surface area (Å²) in [6, 6.07) is 13.5. The number of benzene rings is 2. The highest BCUT2D eigenvalue weighted by molar-refractivity contribution is 9.10. The van der Waals surface area contributed by atoms with Crippen LogP contribution >= 0.6 is 27.5 Å². The Hall–Kier alpha value is -3.24. The number of carbonyl (C=O) groups is 2. The molecule has 0 fully saturated rings. The maximum Gasteiger partial charge on any atom is 0.433 e. The fraction of sp³-hybridized carbons (Fsp3) is 0.0909. The lowest BCUT2D eigenvalue weighted by molar-refractivity contribution is -0.142. The Kier molecular flexibility index (Phi) is 5.98. The third-order valence-corrected chi connectivity index (χ3v) is 5.58. The maximum atomic E-state index is 13.8. The van der Waals surface area contributed by atoms with E-state index in [4.69, 9.17) is 11.6 Å². The normalized spacial score (nSPS) is 11.6. The van der Waals surface area contributed by atoms with Gasteiger partial charge in [-0.05, 0) is 37.3 Å². The standard InChI is InChI=1S/C22H13BrClF3N4O2/c1-11(32)13-3-2-4-15(9-13)28-21(33)19-18(24)20-29-16(12-5-7-14(23)8-6-12)10-17(22(25,26)27)31(20)30-19/h2-10H,1H3,(H,28,33). The summed E-state index contributed by atoms with van der Waals surface area (Å²) in [6.07, 6.45) is -4.79. The molecule has 1 amide bonds. The van der Waals surface area contributed by atoms with Crippen LogP contribution in [0.15, 0.2) is 59.1 Å². The summed E-state index contributed by atoms with van der Waals surface area (Å²) in [4.78, 5) is 28.6. The molecule has 2 heterocycles. The van der Waals surface area contributed by atoms with E-state index >= 15 is 0 Å². The van der Waals surface area contributed by atoms with Crippen LogP contribution in [0.25, 0.3) is 16.9 Å². The number of amides is 1. The van der Waals surface area contributed by atoms with Gasteiger partial charge >= 0.3 is 6.18 Å². The van der Waals surface area contributed by atoms with Crippen molar-refractivity contribution < 1.29 is 22.8 Å². The monoisotopic (exact) mass is 536 g/mol. The summed E-state index contributed by atoms with van der Waals surface area (Å²) >= 11 is 9.55. The van der Waals surface area contributed by atoms with Gasteiger partial charge in [-0.1, -0.05) is 51.8 Å². The highest BCUT2D eigenvalue weighted by Crippen LogP contribution is 2.35. The number of rotatable bonds is 4. The number of carbonyl (C=O) groups excluding carboxylic acids is 2. The number of anilines is 1. The minimum absolute atomic E-state index is 0.0187. The van der Waals surface area contributed by atoms with Crippen LogP contribution in [0.4, 0.5) is 18.9 Å². The second kappa shape index (κ2) is 8.60. The second-order valence-corrected chi connectivity index (χ2v) is 8.31. The van der Waals surface area contributed by atoms with Gasteiger partial charge in [0.2, 0.25) is 0 Å². The van der Waals surface area contributed by atoms with E-state index in [1.54, 1.807) is 36.4 Å². The van der Waals surface area contributed by atoms with Crippen molar-refractivity contribution in [3.63, 3.8) is 0 Å². The first-order chi connectivity index (χ1) is 15.5. The van der Waals surface area contributed by atoms with Gasteiger partial charge in [0.15, 0.2) is 22.8 Å². The zero-order chi connectivity index (χ0) is 23.9. The highest BCUT2D eigenvalue weighted by atomic mass is 79.9. The van der Waals surface area contributed by atoms with Crippen LogP contribution in [-0.4, -0.2) is 26.3 Å². The molecule has 0 radical (unpaired) electrons. The molecule has 0 aliphatic heterocycles. The van der Waals surface area contributed by atoms with E-state index < -0.39 is 23.5 Å². The fourth-order valence-corrected chi connectivity index (χ4v) is 3.62. The Balaban J connectivity index is 1.81. The first-order valence-electron chi connectivity index (χ1n) is 9.39. The minimum atomic E-state index is -4.79. The SMILES string of the molecule is CC(=O)c1cccc(NC(=O)c2nn3c(C(F)(F)F)cc(-c4ccc(Br)cc4)nc3c2Cl)c1. The number of alkyl halides is 3. The van der Waals surface area contributed by atoms with Crippen LogP contribution in [0.2, 0.25) is 5.02 Å². The highest BCUT2D eigenvalue weighted by Gasteiger charge is 2.36. The Morgan fingerprint density at radius 3 is 2.42 bits per heavy atom. The number of hydrogen-bond acceptors (Lipinski definition) is 4. The Bertz CT molecular complexity index is 1400. The van der Waals surface area contributed by atoms with Crippen LogP contribution in [0.5, 0.6) is 0 Å². The third kappa shape index (κ3) is 4.62. The van der Waals surface area contributed by atoms with Gasteiger partial charge in [-0.2, -0.15) is 18.3 Å². The lowest BCUT2D eigenvalue weighted by atomic mass is 10.1. The molecule has 0 unspecified atom stereocenters. The Morgan fingerprint density at radius 1 is 1.09 bits per heavy atom. The summed E-state index contributed by atoms with van der Waals surface area (Å²) in [5.74, 6) is -1.05. The van der Waals surface area contributed by atoms with Gasteiger partial charge in [-0.3, -0.25) is 9.59 Å². The van der Waals surface area contributed by atoms with Crippen LogP contribution in [0.1, 0.15) is 33.5 Å². The van der Waals surface area contributed by atoms with E-state index in [-0.39, 0.29) is 27.8 Å². The first kappa shape index (κ1) is 22.9. The molecule has 0 saturated carbocycles. The van der Waals surface area contributed by atoms with E-state index in [0.717, 1.165) is 10.5 Å². The van der Waals surface area contributed by atoms with E-state index in [1.165, 1.54) is 19.1 Å². The number of halogens is 5. The largest absolute Gasteiger partial charge is 0.433 e. The van der Waals surface area contributed by atoms with Crippen LogP contribution in [-0.2, 0) is 6.18 Å². The molecule has 4 aromatic rings. The minimum Gasteiger partial charge on any atom is -0.321 e. The van der Waals surface area contributed by atoms with Crippen LogP contribution in [0, 0.1) is 0 Å². The van der Waals surface area contributed by atoms with E-state index in [1.807, 2.05) is 0 Å². The average molecular weight is 538 g/mol. The van der Waals surface area contributed by atoms with Gasteiger partial charge in [-0.25, -0.2) is 9.50 Å². The van der Waals surface area contributed by atoms with Crippen molar-refractivity contribution in [1.82, 2.24) is 14.6 Å². The maximum absolute atomic E-state index is 13.8. The molecule has 6 nitrogen and oxygen atoms in total. The topological polar surface area (TPSA) is 76.4 Å². The fourth-order valence-electron chi connectivity index (χ4n) is 3.11. The van der Waals surface area contributed by atoms with Crippen molar-refractivity contribution in [2.24, 2.45) is 0 Å². The molecule has 0 atom stereocenters. The lowest BCUT2D eigenvalue weighted by Crippen LogP contribution is -2.16. The number of Topliss-reactive ketones (excluding diaryl/α,β-unsaturated/α-hetero) is 1. The van der Waals surface area contributed by atoms with Gasteiger partial charge < -0.3 is 5.32 Å². The molecule has 2 aromatic heterocycles. The summed E-state index contributed by atoms with van der Waals surface area (Å²) in [6.45, 7) is 1.37. The molecule has 168 valence electrons. The van der Waals surface area contributed by atoms with Crippen molar-refractivity contribution in [3.05, 3.63) is 81.0 Å². The van der Waals surface area contributed by atoms with Gasteiger partial charge in [0.1, 0.15) is 5.02 Å². The van der Waals surface area contributed by atoms with Crippen molar-refractivity contribution in [3.8, 4) is 11.3 Å². The number of aromatic nitrogens is 3. The van der Waals surface area contributed by atoms with Gasteiger partial charge in [-0.15, -0.1) is 0 Å². The average Bonchev–Trinajstić information content (AvgIpc) is 3.09. The molecule has 4 rings (SSSR count). The summed E-state index contributed by atoms with van der Waals surface area (Å²) < 4.78 is 42.7. The van der Waals surface area contributed by atoms with Gasteiger partial charge in [0, 0.05) is 21.3 Å². The van der Waals surface area contributed by atoms with Crippen LogP contribution < -0.4 is 5.32 Å². The second-order valence-electron chi connectivity index (χ2n) is 7.02. The van der Waals surface area contributed by atoms with E-state index in [2.05, 4.69) is 31.3 Å². The Morgan fingerprint density at radius 2 is 1.79 bits per heavy atom. The van der Waals surface area contributed by atoms with E-state index in [9.17, 15) is 22.8 Å². The molecule has 0 bridgehead atoms. The van der Waals surface area contributed by atoms with Crippen molar-refractivity contribution in [2.45, 2.75) is 13.1 Å². The summed E-state index contributed by atoms with van der Waals surface area (Å²) in [5.41, 5.74) is -0.817. The zero-order valence-corrected chi connectivity index (χ0v) is 19.1. The predicted octanol–water partition coefficient (Wildman–Crippen LogP) is 6.29. The summed E-state index contributed by atoms with van der Waals surface area (Å²) in [5, 5.41) is 5.96. The molecule has 0 spiro atoms. The molecular formula is C22H13BrClF3N4O2. The molecule has 2 aromatic carbocycles. The molecule has 1 N–H and O–H groups in total. The smallest absolute Gasteiger partial charge is 0.321 e. The quantitative estimate of drug-likeness (QED) is 0.311. The predicted molar refractivity (Wildman–Crippen MR) is 121 cm³/mol. The summed E-state index contributed by atoms with van der Waals surface area (Å²) in [7, 11) is 0. The number of hydrogen-bond donors (Lipinski definition) is 1. The Labute approximate surface area is 198 Å². The zero-order valence-electron chi connectivity index (χ0n) is 16.7. The molecular weight excluding hydrogens is 525 g/mol. The molecule has 0 saturated heterocycles. The van der Waals surface area contributed by atoms with Crippen LogP contribution in [0.3, 0.4) is 0 Å². The van der Waals surface area contributed by atoms with Crippen molar-refractivity contribution >= 4 is 50.6 Å². The molecule has 33 heavy (non-hydrogen) atoms. The molecule has 0 aliphatic rings. The third-order valence-electron chi connectivity index (χ3n) is 4.71.